The van der Waals surface area contributed by atoms with Crippen LogP contribution in [0.5, 0.6) is 0 Å². The van der Waals surface area contributed by atoms with Crippen molar-refractivity contribution in [1.29, 1.82) is 0 Å². The van der Waals surface area contributed by atoms with E-state index < -0.39 is 11.7 Å². The van der Waals surface area contributed by atoms with Crippen LogP contribution in [0.4, 0.5) is 24.5 Å². The number of nitrogens with two attached hydrogens (primary N) is 1. The van der Waals surface area contributed by atoms with Crippen LogP contribution in [0.2, 0.25) is 0 Å². The molecule has 2 aromatic rings. The first kappa shape index (κ1) is 18.2. The lowest BCUT2D eigenvalue weighted by Crippen LogP contribution is -2.45. The number of alkyl halides is 3. The van der Waals surface area contributed by atoms with Crippen molar-refractivity contribution < 1.29 is 13.2 Å². The maximum absolute atomic E-state index is 13.3. The van der Waals surface area contributed by atoms with E-state index in [4.69, 9.17) is 5.73 Å². The van der Waals surface area contributed by atoms with Crippen molar-refractivity contribution >= 4 is 17.1 Å². The average molecular weight is 361 g/mol. The van der Waals surface area contributed by atoms with E-state index in [0.29, 0.717) is 18.8 Å². The van der Waals surface area contributed by atoms with Gasteiger partial charge in [0.25, 0.3) is 0 Å². The van der Waals surface area contributed by atoms with Gasteiger partial charge in [-0.05, 0) is 31.2 Å². The average Bonchev–Trinajstić information content (AvgIpc) is 2.61. The fourth-order valence-electron chi connectivity index (χ4n) is 3.21. The number of anilines is 2. The minimum atomic E-state index is -4.46. The number of nitrogen functional groups attached to an aromatic ring is 1. The van der Waals surface area contributed by atoms with Gasteiger partial charge in [-0.25, -0.2) is 0 Å². The van der Waals surface area contributed by atoms with E-state index in [-0.39, 0.29) is 11.3 Å². The van der Waals surface area contributed by atoms with Gasteiger partial charge in [-0.15, -0.1) is 0 Å². The highest BCUT2D eigenvalue weighted by atomic mass is 19.4. The Labute approximate surface area is 151 Å². The minimum absolute atomic E-state index is 0.0930. The van der Waals surface area contributed by atoms with Crippen LogP contribution in [-0.4, -0.2) is 31.1 Å². The molecule has 1 aliphatic rings. The van der Waals surface area contributed by atoms with Gasteiger partial charge in [-0.3, -0.25) is 0 Å². The Morgan fingerprint density at radius 1 is 1.00 bits per heavy atom. The summed E-state index contributed by atoms with van der Waals surface area (Å²) < 4.78 is 40.0. The summed E-state index contributed by atoms with van der Waals surface area (Å²) in [7, 11) is 0. The van der Waals surface area contributed by atoms with Crippen molar-refractivity contribution in [3.63, 3.8) is 0 Å². The molecule has 3 nitrogen and oxygen atoms in total. The van der Waals surface area contributed by atoms with E-state index in [0.717, 1.165) is 24.8 Å². The van der Waals surface area contributed by atoms with Crippen LogP contribution >= 0.6 is 0 Å². The third-order valence-corrected chi connectivity index (χ3v) is 4.72. The van der Waals surface area contributed by atoms with Crippen LogP contribution in [0.1, 0.15) is 16.7 Å². The van der Waals surface area contributed by atoms with Crippen LogP contribution < -0.4 is 10.6 Å². The standard InChI is InChI=1S/C20H22F3N3/c1-14-3-6-17(7-4-14)26-11-9-25(10-12-26)15(2)18-8-5-16(24)13-19(18)20(21,22)23/h3-8,13H,2,9-12,24H2,1H3. The fourth-order valence-corrected chi connectivity index (χ4v) is 3.21. The number of hydrogen-bond acceptors (Lipinski definition) is 3. The molecular formula is C20H22F3N3. The molecule has 0 spiro atoms. The van der Waals surface area contributed by atoms with Crippen molar-refractivity contribution in [3.8, 4) is 0 Å². The van der Waals surface area contributed by atoms with E-state index in [9.17, 15) is 13.2 Å². The maximum Gasteiger partial charge on any atom is 0.417 e. The van der Waals surface area contributed by atoms with Crippen LogP contribution in [0.15, 0.2) is 49.0 Å². The molecule has 0 aromatic heterocycles. The highest BCUT2D eigenvalue weighted by Gasteiger charge is 2.35. The Hall–Kier alpha value is -2.63. The summed E-state index contributed by atoms with van der Waals surface area (Å²) in [4.78, 5) is 4.14. The first-order chi connectivity index (χ1) is 12.3. The van der Waals surface area contributed by atoms with Crippen LogP contribution in [0.25, 0.3) is 5.70 Å². The molecule has 0 unspecified atom stereocenters. The Morgan fingerprint density at radius 2 is 1.62 bits per heavy atom. The largest absolute Gasteiger partial charge is 0.417 e. The minimum Gasteiger partial charge on any atom is -0.399 e. The molecule has 1 saturated heterocycles. The molecule has 0 bridgehead atoms. The summed E-state index contributed by atoms with van der Waals surface area (Å²) >= 11 is 0. The molecular weight excluding hydrogens is 339 g/mol. The second-order valence-electron chi connectivity index (χ2n) is 6.56. The number of hydrogen-bond donors (Lipinski definition) is 1. The monoisotopic (exact) mass is 361 g/mol. The van der Waals surface area contributed by atoms with Crippen LogP contribution in [0, 0.1) is 6.92 Å². The third kappa shape index (κ3) is 3.79. The first-order valence-corrected chi connectivity index (χ1v) is 8.48. The van der Waals surface area contributed by atoms with E-state index in [2.05, 4.69) is 35.7 Å². The van der Waals surface area contributed by atoms with Gasteiger partial charge >= 0.3 is 6.18 Å². The Kier molecular flexibility index (Phi) is 4.85. The fraction of sp³-hybridized carbons (Fsp3) is 0.300. The van der Waals surface area contributed by atoms with E-state index >= 15 is 0 Å². The second-order valence-corrected chi connectivity index (χ2v) is 6.56. The number of piperazine rings is 1. The van der Waals surface area contributed by atoms with Gasteiger partial charge in [0.05, 0.1) is 5.56 Å². The Bertz CT molecular complexity index is 789. The van der Waals surface area contributed by atoms with Crippen molar-refractivity contribution in [2.45, 2.75) is 13.1 Å². The van der Waals surface area contributed by atoms with Crippen LogP contribution in [0.3, 0.4) is 0 Å². The SMILES string of the molecule is C=C(c1ccc(N)cc1C(F)(F)F)N1CCN(c2ccc(C)cc2)CC1. The van der Waals surface area contributed by atoms with Crippen molar-refractivity contribution in [2.24, 2.45) is 0 Å². The van der Waals surface area contributed by atoms with Crippen molar-refractivity contribution in [3.05, 3.63) is 65.7 Å². The number of halogens is 3. The predicted molar refractivity (Wildman–Crippen MR) is 99.9 cm³/mol. The molecule has 0 amide bonds. The summed E-state index contributed by atoms with van der Waals surface area (Å²) in [6.07, 6.45) is -4.46. The summed E-state index contributed by atoms with van der Waals surface area (Å²) in [5.74, 6) is 0. The molecule has 138 valence electrons. The zero-order chi connectivity index (χ0) is 18.9. The molecule has 0 atom stereocenters. The lowest BCUT2D eigenvalue weighted by molar-refractivity contribution is -0.137. The van der Waals surface area contributed by atoms with Gasteiger partial charge in [0.2, 0.25) is 0 Å². The van der Waals surface area contributed by atoms with Crippen molar-refractivity contribution in [2.75, 3.05) is 36.8 Å². The summed E-state index contributed by atoms with van der Waals surface area (Å²) in [6, 6.07) is 12.1. The number of nitrogens with zero attached hydrogens (tertiary/aromatic N) is 2. The molecule has 6 heteroatoms. The molecule has 2 N–H and O–H groups in total. The van der Waals surface area contributed by atoms with Gasteiger partial charge < -0.3 is 15.5 Å². The smallest absolute Gasteiger partial charge is 0.399 e. The number of aryl methyl sites for hydroxylation is 1. The van der Waals surface area contributed by atoms with Gasteiger partial charge in [0.15, 0.2) is 0 Å². The molecule has 1 heterocycles. The molecule has 1 fully saturated rings. The zero-order valence-corrected chi connectivity index (χ0v) is 14.7. The molecule has 3 rings (SSSR count). The quantitative estimate of drug-likeness (QED) is 0.823. The number of rotatable bonds is 3. The normalized spacial score (nSPS) is 15.2. The molecule has 0 aliphatic carbocycles. The van der Waals surface area contributed by atoms with Crippen molar-refractivity contribution in [1.82, 2.24) is 4.90 Å². The third-order valence-electron chi connectivity index (χ3n) is 4.72. The molecule has 1 aliphatic heterocycles. The topological polar surface area (TPSA) is 32.5 Å². The number of benzene rings is 2. The Morgan fingerprint density at radius 3 is 2.19 bits per heavy atom. The Balaban J connectivity index is 1.74. The molecule has 2 aromatic carbocycles. The molecule has 0 saturated carbocycles. The van der Waals surface area contributed by atoms with Gasteiger partial charge in [-0.1, -0.05) is 30.3 Å². The highest BCUT2D eigenvalue weighted by Crippen LogP contribution is 2.37. The molecule has 0 radical (unpaired) electrons. The van der Waals surface area contributed by atoms with Gasteiger partial charge in [0, 0.05) is 48.8 Å². The second kappa shape index (κ2) is 6.94. The van der Waals surface area contributed by atoms with Gasteiger partial charge in [-0.2, -0.15) is 13.2 Å². The van der Waals surface area contributed by atoms with E-state index in [1.54, 1.807) is 0 Å². The van der Waals surface area contributed by atoms with Gasteiger partial charge in [0.1, 0.15) is 0 Å². The lowest BCUT2D eigenvalue weighted by Gasteiger charge is -2.38. The molecule has 26 heavy (non-hydrogen) atoms. The lowest BCUT2D eigenvalue weighted by atomic mass is 10.0. The van der Waals surface area contributed by atoms with E-state index in [1.807, 2.05) is 11.8 Å². The maximum atomic E-state index is 13.3. The predicted octanol–water partition coefficient (Wildman–Crippen LogP) is 4.39. The summed E-state index contributed by atoms with van der Waals surface area (Å²) in [5, 5.41) is 0. The first-order valence-electron chi connectivity index (χ1n) is 8.48. The highest BCUT2D eigenvalue weighted by molar-refractivity contribution is 5.68. The zero-order valence-electron chi connectivity index (χ0n) is 14.7. The summed E-state index contributed by atoms with van der Waals surface area (Å²) in [5.41, 5.74) is 7.72. The van der Waals surface area contributed by atoms with Crippen LogP contribution in [-0.2, 0) is 6.18 Å². The summed E-state index contributed by atoms with van der Waals surface area (Å²) in [6.45, 7) is 8.67. The van der Waals surface area contributed by atoms with E-state index in [1.165, 1.54) is 17.7 Å².